The van der Waals surface area contributed by atoms with E-state index in [2.05, 4.69) is 16.8 Å². The average molecular weight is 323 g/mol. The molecule has 0 atom stereocenters. The Kier molecular flexibility index (Phi) is 5.77. The van der Waals surface area contributed by atoms with Gasteiger partial charge in [-0.3, -0.25) is 4.79 Å². The summed E-state index contributed by atoms with van der Waals surface area (Å²) in [5, 5.41) is 1.15. The molecule has 0 saturated carbocycles. The summed E-state index contributed by atoms with van der Waals surface area (Å²) < 4.78 is 0. The highest BCUT2D eigenvalue weighted by atomic mass is 16.2. The lowest BCUT2D eigenvalue weighted by Gasteiger charge is -2.18. The Balaban J connectivity index is 1.90. The molecular formula is C18H21N5O. The number of hydrogen-bond acceptors (Lipinski definition) is 5. The van der Waals surface area contributed by atoms with E-state index in [0.717, 1.165) is 10.7 Å². The van der Waals surface area contributed by atoms with Crippen LogP contribution >= 0.6 is 0 Å². The molecule has 2 aromatic rings. The Bertz CT molecular complexity index is 759. The number of carbonyl (C=O) groups is 1. The molecule has 1 aromatic heterocycles. The van der Waals surface area contributed by atoms with Crippen molar-refractivity contribution in [3.8, 4) is 11.8 Å². The molecule has 0 fully saturated rings. The van der Waals surface area contributed by atoms with Crippen LogP contribution in [0.1, 0.15) is 18.5 Å². The normalized spacial score (nSPS) is 9.79. The second kappa shape index (κ2) is 7.99. The topological polar surface area (TPSA) is 88.5 Å². The van der Waals surface area contributed by atoms with E-state index in [1.807, 2.05) is 43.3 Å². The van der Waals surface area contributed by atoms with E-state index in [1.54, 1.807) is 18.2 Å². The van der Waals surface area contributed by atoms with E-state index in [0.29, 0.717) is 23.6 Å². The van der Waals surface area contributed by atoms with Gasteiger partial charge in [0.1, 0.15) is 11.5 Å². The number of benzene rings is 1. The van der Waals surface area contributed by atoms with Crippen LogP contribution in [-0.2, 0) is 4.79 Å². The molecule has 0 bridgehead atoms. The van der Waals surface area contributed by atoms with Gasteiger partial charge in [0.05, 0.1) is 5.69 Å². The molecule has 0 aliphatic heterocycles. The number of anilines is 3. The molecule has 1 amide bonds. The maximum atomic E-state index is 12.1. The molecule has 6 heteroatoms. The Labute approximate surface area is 142 Å². The Morgan fingerprint density at radius 2 is 1.79 bits per heavy atom. The zero-order valence-corrected chi connectivity index (χ0v) is 13.9. The third kappa shape index (κ3) is 4.73. The van der Waals surface area contributed by atoms with E-state index >= 15 is 0 Å². The van der Waals surface area contributed by atoms with Gasteiger partial charge in [0, 0.05) is 32.6 Å². The van der Waals surface area contributed by atoms with Crippen molar-refractivity contribution in [2.45, 2.75) is 12.8 Å². The lowest BCUT2D eigenvalue weighted by Crippen LogP contribution is -2.37. The fraction of sp³-hybridized carbons (Fsp3) is 0.222. The zero-order valence-electron chi connectivity index (χ0n) is 13.9. The molecule has 1 aromatic carbocycles. The van der Waals surface area contributed by atoms with Crippen LogP contribution in [-0.4, -0.2) is 25.0 Å². The standard InChI is InChI=1S/C18H21N5O/c1-22(2)15-10-12-16(13-11-15)23(20)18(24)9-4-3-6-14-7-5-8-17(19)21-14/h5,7-8,10-13H,4,9,20H2,1-2H3,(H2,19,21). The largest absolute Gasteiger partial charge is 0.384 e. The van der Waals surface area contributed by atoms with Crippen LogP contribution in [0.25, 0.3) is 0 Å². The van der Waals surface area contributed by atoms with E-state index in [1.165, 1.54) is 0 Å². The molecule has 0 saturated heterocycles. The maximum absolute atomic E-state index is 12.1. The molecule has 24 heavy (non-hydrogen) atoms. The summed E-state index contributed by atoms with van der Waals surface area (Å²) in [5.41, 5.74) is 7.87. The number of rotatable bonds is 4. The summed E-state index contributed by atoms with van der Waals surface area (Å²) in [6.45, 7) is 0. The first-order chi connectivity index (χ1) is 11.5. The first kappa shape index (κ1) is 17.3. The van der Waals surface area contributed by atoms with Crippen molar-refractivity contribution in [1.82, 2.24) is 4.98 Å². The monoisotopic (exact) mass is 323 g/mol. The molecule has 0 radical (unpaired) electrons. The number of nitrogens with zero attached hydrogens (tertiary/aromatic N) is 3. The molecule has 1 heterocycles. The smallest absolute Gasteiger partial charge is 0.242 e. The third-order valence-corrected chi connectivity index (χ3v) is 3.36. The first-order valence-corrected chi connectivity index (χ1v) is 7.54. The Morgan fingerprint density at radius 3 is 2.42 bits per heavy atom. The summed E-state index contributed by atoms with van der Waals surface area (Å²) in [7, 11) is 3.91. The van der Waals surface area contributed by atoms with Crippen LogP contribution in [0.2, 0.25) is 0 Å². The lowest BCUT2D eigenvalue weighted by molar-refractivity contribution is -0.118. The van der Waals surface area contributed by atoms with E-state index in [-0.39, 0.29) is 12.3 Å². The van der Waals surface area contributed by atoms with Crippen molar-refractivity contribution in [3.05, 3.63) is 48.2 Å². The summed E-state index contributed by atoms with van der Waals surface area (Å²) in [6.07, 6.45) is 0.639. The van der Waals surface area contributed by atoms with Gasteiger partial charge < -0.3 is 10.6 Å². The molecule has 2 rings (SSSR count). The number of amides is 1. The van der Waals surface area contributed by atoms with Crippen molar-refractivity contribution in [1.29, 1.82) is 0 Å². The van der Waals surface area contributed by atoms with Gasteiger partial charge in [-0.15, -0.1) is 0 Å². The predicted molar refractivity (Wildman–Crippen MR) is 97.2 cm³/mol. The van der Waals surface area contributed by atoms with Gasteiger partial charge >= 0.3 is 0 Å². The highest BCUT2D eigenvalue weighted by Crippen LogP contribution is 2.18. The summed E-state index contributed by atoms with van der Waals surface area (Å²) in [5.74, 6) is 11.9. The van der Waals surface area contributed by atoms with Gasteiger partial charge in [0.15, 0.2) is 0 Å². The van der Waals surface area contributed by atoms with Gasteiger partial charge in [-0.2, -0.15) is 0 Å². The van der Waals surface area contributed by atoms with Gasteiger partial charge in [-0.05, 0) is 42.3 Å². The molecule has 0 aliphatic carbocycles. The fourth-order valence-electron chi connectivity index (χ4n) is 2.02. The molecule has 0 unspecified atom stereocenters. The molecule has 0 spiro atoms. The number of hydrazine groups is 1. The van der Waals surface area contributed by atoms with Crippen molar-refractivity contribution in [3.63, 3.8) is 0 Å². The van der Waals surface area contributed by atoms with Gasteiger partial charge in [-0.1, -0.05) is 12.0 Å². The minimum absolute atomic E-state index is 0.192. The molecule has 4 N–H and O–H groups in total. The summed E-state index contributed by atoms with van der Waals surface area (Å²) >= 11 is 0. The van der Waals surface area contributed by atoms with Crippen molar-refractivity contribution in [2.24, 2.45) is 5.84 Å². The number of pyridine rings is 1. The van der Waals surface area contributed by atoms with E-state index < -0.39 is 0 Å². The number of carbonyl (C=O) groups excluding carboxylic acids is 1. The first-order valence-electron chi connectivity index (χ1n) is 7.54. The SMILES string of the molecule is CN(C)c1ccc(N(N)C(=O)CCC#Cc2cccc(N)n2)cc1. The maximum Gasteiger partial charge on any atom is 0.242 e. The van der Waals surface area contributed by atoms with Crippen LogP contribution in [0.3, 0.4) is 0 Å². The van der Waals surface area contributed by atoms with E-state index in [4.69, 9.17) is 11.6 Å². The van der Waals surface area contributed by atoms with Gasteiger partial charge in [-0.25, -0.2) is 15.8 Å². The summed E-state index contributed by atoms with van der Waals surface area (Å²) in [4.78, 5) is 18.2. The number of nitrogens with two attached hydrogens (primary N) is 2. The lowest BCUT2D eigenvalue weighted by atomic mass is 10.2. The zero-order chi connectivity index (χ0) is 17.5. The van der Waals surface area contributed by atoms with Crippen molar-refractivity contribution in [2.75, 3.05) is 29.7 Å². The number of aromatic nitrogens is 1. The van der Waals surface area contributed by atoms with Crippen LogP contribution in [0.5, 0.6) is 0 Å². The minimum Gasteiger partial charge on any atom is -0.384 e. The van der Waals surface area contributed by atoms with Crippen LogP contribution in [0.15, 0.2) is 42.5 Å². The highest BCUT2D eigenvalue weighted by molar-refractivity contribution is 5.92. The van der Waals surface area contributed by atoms with Gasteiger partial charge in [0.2, 0.25) is 5.91 Å². The van der Waals surface area contributed by atoms with Crippen LogP contribution in [0.4, 0.5) is 17.2 Å². The second-order valence-corrected chi connectivity index (χ2v) is 5.42. The fourth-order valence-corrected chi connectivity index (χ4v) is 2.02. The van der Waals surface area contributed by atoms with Crippen LogP contribution in [0, 0.1) is 11.8 Å². The number of nitrogen functional groups attached to an aromatic ring is 1. The minimum atomic E-state index is -0.192. The average Bonchev–Trinajstić information content (AvgIpc) is 2.58. The molecule has 124 valence electrons. The quantitative estimate of drug-likeness (QED) is 0.387. The highest BCUT2D eigenvalue weighted by Gasteiger charge is 2.11. The molecular weight excluding hydrogens is 302 g/mol. The van der Waals surface area contributed by atoms with Crippen molar-refractivity contribution < 1.29 is 4.79 Å². The molecule has 6 nitrogen and oxygen atoms in total. The second-order valence-electron chi connectivity index (χ2n) is 5.42. The predicted octanol–water partition coefficient (Wildman–Crippen LogP) is 1.77. The van der Waals surface area contributed by atoms with Crippen LogP contribution < -0.4 is 21.5 Å². The Morgan fingerprint density at radius 1 is 1.12 bits per heavy atom. The van der Waals surface area contributed by atoms with E-state index in [9.17, 15) is 4.79 Å². The third-order valence-electron chi connectivity index (χ3n) is 3.36. The van der Waals surface area contributed by atoms with Gasteiger partial charge in [0.25, 0.3) is 0 Å². The summed E-state index contributed by atoms with van der Waals surface area (Å²) in [6, 6.07) is 12.7. The Hall–Kier alpha value is -3.04. The van der Waals surface area contributed by atoms with Crippen molar-refractivity contribution >= 4 is 23.1 Å². The molecule has 0 aliphatic rings. The number of hydrogen-bond donors (Lipinski definition) is 2.